The van der Waals surface area contributed by atoms with Gasteiger partial charge in [0.1, 0.15) is 0 Å². The van der Waals surface area contributed by atoms with E-state index in [1.807, 2.05) is 18.5 Å². The molecule has 3 atom stereocenters. The van der Waals surface area contributed by atoms with Crippen LogP contribution in [0, 0.1) is 17.8 Å². The fourth-order valence-corrected chi connectivity index (χ4v) is 6.97. The van der Waals surface area contributed by atoms with Gasteiger partial charge in [0.25, 0.3) is 0 Å². The summed E-state index contributed by atoms with van der Waals surface area (Å²) in [5.74, 6) is 3.53. The Kier molecular flexibility index (Phi) is 4.82. The maximum absolute atomic E-state index is 4.52. The molecule has 6 heteroatoms. The van der Waals surface area contributed by atoms with Crippen LogP contribution in [0.1, 0.15) is 55.5 Å². The topological polar surface area (TPSA) is 70.6 Å². The highest BCUT2D eigenvalue weighted by Crippen LogP contribution is 2.48. The summed E-state index contributed by atoms with van der Waals surface area (Å²) >= 11 is 0. The Hall–Kier alpha value is -2.60. The van der Waals surface area contributed by atoms with Crippen molar-refractivity contribution in [2.45, 2.75) is 50.0 Å². The normalized spacial score (nSPS) is 29.5. The fourth-order valence-electron chi connectivity index (χ4n) is 6.97. The van der Waals surface area contributed by atoms with Crippen molar-refractivity contribution in [3.05, 3.63) is 71.8 Å². The van der Waals surface area contributed by atoms with Crippen molar-refractivity contribution < 1.29 is 0 Å². The highest BCUT2D eigenvalue weighted by atomic mass is 15.5. The lowest BCUT2D eigenvalue weighted by Gasteiger charge is -2.40. The summed E-state index contributed by atoms with van der Waals surface area (Å²) < 4.78 is 0. The van der Waals surface area contributed by atoms with E-state index in [-0.39, 0.29) is 0 Å². The highest BCUT2D eigenvalue weighted by molar-refractivity contribution is 5.44. The molecule has 2 aliphatic carbocycles. The van der Waals surface area contributed by atoms with Gasteiger partial charge in [-0.25, -0.2) is 0 Å². The average Bonchev–Trinajstić information content (AvgIpc) is 3.28. The molecule has 2 aliphatic heterocycles. The highest BCUT2D eigenvalue weighted by Gasteiger charge is 2.45. The van der Waals surface area contributed by atoms with Crippen LogP contribution in [0.2, 0.25) is 0 Å². The Labute approximate surface area is 183 Å². The smallest absolute Gasteiger partial charge is 0.189 e. The van der Waals surface area contributed by atoms with Crippen molar-refractivity contribution in [1.29, 1.82) is 0 Å². The maximum atomic E-state index is 4.52. The number of nitrogens with one attached hydrogen (secondary N) is 1. The van der Waals surface area contributed by atoms with Crippen LogP contribution in [0.5, 0.6) is 0 Å². The summed E-state index contributed by atoms with van der Waals surface area (Å²) in [4.78, 5) is 7.27. The van der Waals surface area contributed by atoms with Gasteiger partial charge >= 0.3 is 0 Å². The third-order valence-electron chi connectivity index (χ3n) is 8.14. The molecule has 0 amide bonds. The van der Waals surface area contributed by atoms with Crippen molar-refractivity contribution in [3.63, 3.8) is 0 Å². The van der Waals surface area contributed by atoms with E-state index in [4.69, 9.17) is 0 Å². The van der Waals surface area contributed by atoms with Crippen LogP contribution >= 0.6 is 0 Å². The van der Waals surface area contributed by atoms with E-state index < -0.39 is 5.41 Å². The second-order valence-corrected chi connectivity index (χ2v) is 9.92. The van der Waals surface area contributed by atoms with Crippen LogP contribution in [0.4, 0.5) is 0 Å². The molecule has 160 valence electrons. The lowest BCUT2D eigenvalue weighted by Crippen LogP contribution is -2.42. The molecule has 1 N–H and O–H groups in total. The first-order valence-electron chi connectivity index (χ1n) is 11.8. The van der Waals surface area contributed by atoms with Crippen molar-refractivity contribution in [1.82, 2.24) is 30.5 Å². The molecule has 6 nitrogen and oxygen atoms in total. The first-order valence-corrected chi connectivity index (χ1v) is 11.8. The molecule has 31 heavy (non-hydrogen) atoms. The van der Waals surface area contributed by atoms with E-state index in [2.05, 4.69) is 66.9 Å². The molecule has 4 fully saturated rings. The number of fused-ring (bicyclic) bond motifs is 1. The second kappa shape index (κ2) is 7.83. The van der Waals surface area contributed by atoms with Gasteiger partial charge in [-0.1, -0.05) is 41.6 Å². The van der Waals surface area contributed by atoms with Crippen molar-refractivity contribution in [2.75, 3.05) is 13.1 Å². The molecular weight excluding hydrogens is 384 g/mol. The van der Waals surface area contributed by atoms with Crippen LogP contribution in [0.15, 0.2) is 54.9 Å². The van der Waals surface area contributed by atoms with Crippen LogP contribution in [-0.2, 0) is 5.41 Å². The standard InChI is InChI=1S/C25H30N6/c1-2-5-21(6-3-1)25(24-27-29-30-28-24,22-7-4-9-26-16-22)8-10-31-17-20-12-18-11-19(13-20)15-23(31)14-18/h1-7,9,16,18-20,23H,8,10-15,17H2,(H,27,28,29,30). The molecule has 0 radical (unpaired) electrons. The minimum absolute atomic E-state index is 0.466. The zero-order valence-electron chi connectivity index (χ0n) is 17.9. The molecular formula is C25H30N6. The van der Waals surface area contributed by atoms with Gasteiger partial charge in [0.15, 0.2) is 5.82 Å². The van der Waals surface area contributed by atoms with Crippen LogP contribution < -0.4 is 0 Å². The number of aromatic amines is 1. The molecule has 3 aromatic rings. The van der Waals surface area contributed by atoms with Gasteiger partial charge in [0.05, 0.1) is 5.41 Å². The van der Waals surface area contributed by atoms with Gasteiger partial charge in [-0.2, -0.15) is 5.21 Å². The number of H-pyrrole nitrogens is 1. The Balaban J connectivity index is 1.39. The molecule has 7 rings (SSSR count). The van der Waals surface area contributed by atoms with Gasteiger partial charge in [-0.3, -0.25) is 4.98 Å². The molecule has 0 spiro atoms. The van der Waals surface area contributed by atoms with Gasteiger partial charge in [-0.15, -0.1) is 10.2 Å². The summed E-state index contributed by atoms with van der Waals surface area (Å²) in [6.45, 7) is 2.29. The Bertz CT molecular complexity index is 936. The molecule has 3 unspecified atom stereocenters. The number of aromatic nitrogens is 5. The number of hydrogen-bond donors (Lipinski definition) is 1. The van der Waals surface area contributed by atoms with E-state index in [0.717, 1.165) is 48.1 Å². The minimum atomic E-state index is -0.466. The third kappa shape index (κ3) is 3.37. The first kappa shape index (κ1) is 19.1. The number of rotatable bonds is 6. The monoisotopic (exact) mass is 414 g/mol. The van der Waals surface area contributed by atoms with Crippen LogP contribution in [0.3, 0.4) is 0 Å². The van der Waals surface area contributed by atoms with Gasteiger partial charge in [0.2, 0.25) is 0 Å². The van der Waals surface area contributed by atoms with E-state index in [1.54, 1.807) is 0 Å². The molecule has 4 bridgehead atoms. The molecule has 2 saturated carbocycles. The van der Waals surface area contributed by atoms with E-state index in [0.29, 0.717) is 0 Å². The number of nitrogens with zero attached hydrogens (tertiary/aromatic N) is 5. The summed E-state index contributed by atoms with van der Waals surface area (Å²) in [5.41, 5.74) is 1.86. The number of pyridine rings is 1. The van der Waals surface area contributed by atoms with Crippen molar-refractivity contribution in [2.24, 2.45) is 17.8 Å². The van der Waals surface area contributed by atoms with Crippen molar-refractivity contribution >= 4 is 0 Å². The number of tetrazole rings is 1. The molecule has 2 aromatic heterocycles. The summed E-state index contributed by atoms with van der Waals surface area (Å²) in [5, 5.41) is 15.7. The average molecular weight is 415 g/mol. The van der Waals surface area contributed by atoms with Gasteiger partial charge < -0.3 is 4.90 Å². The molecule has 4 aliphatic rings. The van der Waals surface area contributed by atoms with Crippen LogP contribution in [-0.4, -0.2) is 49.6 Å². The quantitative estimate of drug-likeness (QED) is 0.664. The maximum Gasteiger partial charge on any atom is 0.189 e. The lowest BCUT2D eigenvalue weighted by atomic mass is 9.68. The summed E-state index contributed by atoms with van der Waals surface area (Å²) in [7, 11) is 0. The molecule has 1 aromatic carbocycles. The van der Waals surface area contributed by atoms with Crippen LogP contribution in [0.25, 0.3) is 0 Å². The Morgan fingerprint density at radius 1 is 0.903 bits per heavy atom. The number of benzene rings is 1. The van der Waals surface area contributed by atoms with E-state index >= 15 is 0 Å². The Morgan fingerprint density at radius 2 is 1.68 bits per heavy atom. The SMILES string of the molecule is c1ccc(C(CCN2CC3CC4CC(C3)CC2C4)(c2cccnc2)c2nn[nH]n2)cc1. The van der Waals surface area contributed by atoms with E-state index in [1.165, 1.54) is 44.2 Å². The zero-order chi connectivity index (χ0) is 20.7. The zero-order valence-corrected chi connectivity index (χ0v) is 17.9. The molecule has 2 saturated heterocycles. The van der Waals surface area contributed by atoms with E-state index in [9.17, 15) is 0 Å². The number of hydrogen-bond acceptors (Lipinski definition) is 5. The van der Waals surface area contributed by atoms with Gasteiger partial charge in [0, 0.05) is 31.5 Å². The van der Waals surface area contributed by atoms with Gasteiger partial charge in [-0.05, 0) is 73.5 Å². The van der Waals surface area contributed by atoms with Crippen molar-refractivity contribution in [3.8, 4) is 0 Å². The Morgan fingerprint density at radius 3 is 2.39 bits per heavy atom. The third-order valence-corrected chi connectivity index (χ3v) is 8.14. The summed E-state index contributed by atoms with van der Waals surface area (Å²) in [6, 6.07) is 15.6. The largest absolute Gasteiger partial charge is 0.300 e. The lowest BCUT2D eigenvalue weighted by molar-refractivity contribution is 0.122. The summed E-state index contributed by atoms with van der Waals surface area (Å²) in [6.07, 6.45) is 11.9. The fraction of sp³-hybridized carbons (Fsp3) is 0.520. The predicted molar refractivity (Wildman–Crippen MR) is 118 cm³/mol. The minimum Gasteiger partial charge on any atom is -0.300 e. The predicted octanol–water partition coefficient (Wildman–Crippen LogP) is 3.83. The first-order chi connectivity index (χ1) is 15.3. The second-order valence-electron chi connectivity index (χ2n) is 9.92. The molecule has 4 heterocycles.